The minimum absolute atomic E-state index is 0.00858. The summed E-state index contributed by atoms with van der Waals surface area (Å²) in [4.78, 5) is 12.4. The van der Waals surface area contributed by atoms with Gasteiger partial charge < -0.3 is 14.9 Å². The van der Waals surface area contributed by atoms with Gasteiger partial charge >= 0.3 is 5.97 Å². The lowest BCUT2D eigenvalue weighted by atomic mass is 10.1. The number of ether oxygens (including phenoxy) is 1. The third kappa shape index (κ3) is 3.78. The predicted molar refractivity (Wildman–Crippen MR) is 68.3 cm³/mol. The Kier molecular flexibility index (Phi) is 5.25. The molecule has 100 valence electrons. The van der Waals surface area contributed by atoms with Crippen LogP contribution in [0.1, 0.15) is 12.5 Å². The van der Waals surface area contributed by atoms with Crippen LogP contribution in [0.2, 0.25) is 5.02 Å². The molecule has 5 nitrogen and oxygen atoms in total. The standard InChI is InChI=1S/C12H16ClNO4/c1-3-14(7-11(15)16)6-8-4-9(13)5-10(18-2)12(8)17/h4-5,17H,3,6-7H2,1-2H3,(H,15,16). The Balaban J connectivity index is 2.95. The van der Waals surface area contributed by atoms with Gasteiger partial charge in [-0.25, -0.2) is 0 Å². The van der Waals surface area contributed by atoms with Gasteiger partial charge in [-0.05, 0) is 12.6 Å². The minimum atomic E-state index is -0.912. The molecule has 0 aliphatic rings. The number of benzene rings is 1. The van der Waals surface area contributed by atoms with Gasteiger partial charge in [-0.15, -0.1) is 0 Å². The zero-order valence-electron chi connectivity index (χ0n) is 10.3. The summed E-state index contributed by atoms with van der Waals surface area (Å²) < 4.78 is 4.99. The highest BCUT2D eigenvalue weighted by molar-refractivity contribution is 6.30. The summed E-state index contributed by atoms with van der Waals surface area (Å²) in [5.74, 6) is -0.639. The summed E-state index contributed by atoms with van der Waals surface area (Å²) >= 11 is 5.91. The first-order valence-corrected chi connectivity index (χ1v) is 5.85. The van der Waals surface area contributed by atoms with E-state index >= 15 is 0 Å². The molecule has 0 heterocycles. The lowest BCUT2D eigenvalue weighted by molar-refractivity contribution is -0.138. The second kappa shape index (κ2) is 6.47. The van der Waals surface area contributed by atoms with E-state index in [0.29, 0.717) is 23.7 Å². The molecule has 0 bridgehead atoms. The average molecular weight is 274 g/mol. The Labute approximate surface area is 111 Å². The lowest BCUT2D eigenvalue weighted by Crippen LogP contribution is -2.29. The van der Waals surface area contributed by atoms with Crippen LogP contribution >= 0.6 is 11.6 Å². The molecule has 1 rings (SSSR count). The minimum Gasteiger partial charge on any atom is -0.504 e. The number of carbonyl (C=O) groups is 1. The number of rotatable bonds is 6. The van der Waals surface area contributed by atoms with Gasteiger partial charge in [-0.1, -0.05) is 18.5 Å². The molecule has 6 heteroatoms. The highest BCUT2D eigenvalue weighted by Crippen LogP contribution is 2.34. The highest BCUT2D eigenvalue weighted by Gasteiger charge is 2.14. The van der Waals surface area contributed by atoms with E-state index in [1.165, 1.54) is 13.2 Å². The Hall–Kier alpha value is -1.46. The van der Waals surface area contributed by atoms with E-state index in [1.807, 2.05) is 6.92 Å². The first-order valence-electron chi connectivity index (χ1n) is 5.47. The molecule has 1 aromatic carbocycles. The first kappa shape index (κ1) is 14.6. The lowest BCUT2D eigenvalue weighted by Gasteiger charge is -2.19. The van der Waals surface area contributed by atoms with Crippen molar-refractivity contribution in [2.45, 2.75) is 13.5 Å². The molecular weight excluding hydrogens is 258 g/mol. The van der Waals surface area contributed by atoms with Crippen LogP contribution in [0, 0.1) is 0 Å². The van der Waals surface area contributed by atoms with Crippen molar-refractivity contribution >= 4 is 17.6 Å². The Morgan fingerprint density at radius 3 is 2.67 bits per heavy atom. The van der Waals surface area contributed by atoms with Crippen LogP contribution in [0.4, 0.5) is 0 Å². The van der Waals surface area contributed by atoms with Crippen LogP contribution in [-0.4, -0.2) is 41.3 Å². The number of aromatic hydroxyl groups is 1. The van der Waals surface area contributed by atoms with Crippen LogP contribution in [0.15, 0.2) is 12.1 Å². The van der Waals surface area contributed by atoms with E-state index in [9.17, 15) is 9.90 Å². The number of methoxy groups -OCH3 is 1. The van der Waals surface area contributed by atoms with E-state index in [4.69, 9.17) is 21.4 Å². The molecule has 0 saturated carbocycles. The number of nitrogens with zero attached hydrogens (tertiary/aromatic N) is 1. The monoisotopic (exact) mass is 273 g/mol. The van der Waals surface area contributed by atoms with Crippen LogP contribution in [0.5, 0.6) is 11.5 Å². The van der Waals surface area contributed by atoms with Crippen molar-refractivity contribution < 1.29 is 19.7 Å². The smallest absolute Gasteiger partial charge is 0.317 e. The zero-order valence-corrected chi connectivity index (χ0v) is 11.1. The van der Waals surface area contributed by atoms with Crippen molar-refractivity contribution in [2.75, 3.05) is 20.2 Å². The normalized spacial score (nSPS) is 10.7. The van der Waals surface area contributed by atoms with Crippen LogP contribution in [0.25, 0.3) is 0 Å². The second-order valence-corrected chi connectivity index (χ2v) is 4.25. The van der Waals surface area contributed by atoms with Crippen molar-refractivity contribution in [3.05, 3.63) is 22.7 Å². The third-order valence-electron chi connectivity index (χ3n) is 2.54. The molecule has 0 radical (unpaired) electrons. The Bertz CT molecular complexity index is 436. The fraction of sp³-hybridized carbons (Fsp3) is 0.417. The van der Waals surface area contributed by atoms with E-state index in [-0.39, 0.29) is 18.0 Å². The largest absolute Gasteiger partial charge is 0.504 e. The van der Waals surface area contributed by atoms with Crippen molar-refractivity contribution in [2.24, 2.45) is 0 Å². The van der Waals surface area contributed by atoms with Gasteiger partial charge in [0.15, 0.2) is 11.5 Å². The number of carboxylic acid groups (broad SMARTS) is 1. The average Bonchev–Trinajstić information content (AvgIpc) is 2.31. The molecule has 0 aromatic heterocycles. The quantitative estimate of drug-likeness (QED) is 0.829. The predicted octanol–water partition coefficient (Wildman–Crippen LogP) is 1.96. The van der Waals surface area contributed by atoms with Gasteiger partial charge in [0.25, 0.3) is 0 Å². The maximum Gasteiger partial charge on any atom is 0.317 e. The van der Waals surface area contributed by atoms with Crippen molar-refractivity contribution in [3.63, 3.8) is 0 Å². The number of likely N-dealkylation sites (N-methyl/N-ethyl adjacent to an activating group) is 1. The number of phenolic OH excluding ortho intramolecular Hbond substituents is 1. The van der Waals surface area contributed by atoms with E-state index in [0.717, 1.165) is 0 Å². The number of halogens is 1. The summed E-state index contributed by atoms with van der Waals surface area (Å²) in [6, 6.07) is 3.11. The second-order valence-electron chi connectivity index (χ2n) is 3.81. The first-order chi connectivity index (χ1) is 8.47. The summed E-state index contributed by atoms with van der Waals surface area (Å²) in [5, 5.41) is 19.1. The molecule has 0 amide bonds. The van der Waals surface area contributed by atoms with Crippen LogP contribution < -0.4 is 4.74 Å². The van der Waals surface area contributed by atoms with Crippen molar-refractivity contribution in [3.8, 4) is 11.5 Å². The number of aliphatic carboxylic acids is 1. The number of carboxylic acids is 1. The van der Waals surface area contributed by atoms with Gasteiger partial charge in [0.05, 0.1) is 13.7 Å². The SMILES string of the molecule is CCN(CC(=O)O)Cc1cc(Cl)cc(OC)c1O. The molecule has 0 saturated heterocycles. The van der Waals surface area contributed by atoms with Crippen molar-refractivity contribution in [1.29, 1.82) is 0 Å². The molecule has 2 N–H and O–H groups in total. The molecule has 0 aliphatic carbocycles. The molecule has 0 spiro atoms. The van der Waals surface area contributed by atoms with Gasteiger partial charge in [-0.3, -0.25) is 9.69 Å². The third-order valence-corrected chi connectivity index (χ3v) is 2.76. The molecule has 0 atom stereocenters. The van der Waals surface area contributed by atoms with Gasteiger partial charge in [0, 0.05) is 23.2 Å². The van der Waals surface area contributed by atoms with Gasteiger partial charge in [0.2, 0.25) is 0 Å². The van der Waals surface area contributed by atoms with Crippen molar-refractivity contribution in [1.82, 2.24) is 4.90 Å². The molecule has 18 heavy (non-hydrogen) atoms. The fourth-order valence-corrected chi connectivity index (χ4v) is 1.85. The highest BCUT2D eigenvalue weighted by atomic mass is 35.5. The Morgan fingerprint density at radius 1 is 1.50 bits per heavy atom. The van der Waals surface area contributed by atoms with Gasteiger partial charge in [0.1, 0.15) is 0 Å². The molecule has 0 unspecified atom stereocenters. The van der Waals surface area contributed by atoms with Gasteiger partial charge in [-0.2, -0.15) is 0 Å². The summed E-state index contributed by atoms with van der Waals surface area (Å²) in [6.07, 6.45) is 0. The zero-order chi connectivity index (χ0) is 13.7. The molecule has 0 aliphatic heterocycles. The fourth-order valence-electron chi connectivity index (χ4n) is 1.62. The Morgan fingerprint density at radius 2 is 2.17 bits per heavy atom. The summed E-state index contributed by atoms with van der Waals surface area (Å²) in [6.45, 7) is 2.61. The summed E-state index contributed by atoms with van der Waals surface area (Å²) in [5.41, 5.74) is 0.544. The van der Waals surface area contributed by atoms with E-state index < -0.39 is 5.97 Å². The topological polar surface area (TPSA) is 70.0 Å². The summed E-state index contributed by atoms with van der Waals surface area (Å²) in [7, 11) is 1.43. The molecule has 0 fully saturated rings. The maximum absolute atomic E-state index is 10.7. The molecule has 1 aromatic rings. The van der Waals surface area contributed by atoms with E-state index in [2.05, 4.69) is 0 Å². The number of hydrogen-bond acceptors (Lipinski definition) is 4. The molecular formula is C12H16ClNO4. The number of hydrogen-bond donors (Lipinski definition) is 2. The van der Waals surface area contributed by atoms with E-state index in [1.54, 1.807) is 11.0 Å². The van der Waals surface area contributed by atoms with Crippen LogP contribution in [-0.2, 0) is 11.3 Å². The number of phenols is 1. The van der Waals surface area contributed by atoms with Crippen LogP contribution in [0.3, 0.4) is 0 Å². The maximum atomic E-state index is 10.7.